The molecular weight excluding hydrogens is 358 g/mol. The number of aromatic nitrogens is 1. The Morgan fingerprint density at radius 1 is 1.07 bits per heavy atom. The molecule has 1 N–H and O–H groups in total. The second kappa shape index (κ2) is 9.19. The average Bonchev–Trinajstić information content (AvgIpc) is 3.11. The van der Waals surface area contributed by atoms with Crippen molar-refractivity contribution >= 4 is 23.0 Å². The highest BCUT2D eigenvalue weighted by atomic mass is 16.5. The molecule has 1 heterocycles. The van der Waals surface area contributed by atoms with Gasteiger partial charge in [0.2, 0.25) is 0 Å². The minimum Gasteiger partial charge on any atom is -0.467 e. The van der Waals surface area contributed by atoms with Crippen LogP contribution in [0.2, 0.25) is 0 Å². The number of esters is 1. The Morgan fingerprint density at radius 2 is 1.79 bits per heavy atom. The number of carbonyl (C=O) groups excluding carboxylic acids is 2. The summed E-state index contributed by atoms with van der Waals surface area (Å²) in [5, 5.41) is 10.7. The predicted octanol–water partition coefficient (Wildman–Crippen LogP) is 3.68. The van der Waals surface area contributed by atoms with Gasteiger partial charge in [0.1, 0.15) is 6.61 Å². The van der Waals surface area contributed by atoms with Crippen molar-refractivity contribution in [2.24, 2.45) is 0 Å². The zero-order valence-corrected chi connectivity index (χ0v) is 15.7. The molecule has 0 aliphatic rings. The number of hydrogen-bond donors (Lipinski definition) is 1. The first-order valence-corrected chi connectivity index (χ1v) is 9.16. The van der Waals surface area contributed by atoms with Crippen molar-refractivity contribution < 1.29 is 24.2 Å². The van der Waals surface area contributed by atoms with Crippen LogP contribution in [0.15, 0.2) is 60.8 Å². The summed E-state index contributed by atoms with van der Waals surface area (Å²) in [6.07, 6.45) is 1.69. The van der Waals surface area contributed by atoms with Gasteiger partial charge in [0, 0.05) is 11.6 Å². The lowest BCUT2D eigenvalue weighted by molar-refractivity contribution is -0.150. The number of nitrogens with zero attached hydrogens (tertiary/aromatic N) is 1. The van der Waals surface area contributed by atoms with Gasteiger partial charge in [-0.25, -0.2) is 9.59 Å². The first-order chi connectivity index (χ1) is 13.6. The molecule has 0 spiro atoms. The molecule has 0 saturated carbocycles. The van der Waals surface area contributed by atoms with Crippen molar-refractivity contribution in [1.29, 1.82) is 0 Å². The monoisotopic (exact) mass is 381 g/mol. The third-order valence-electron chi connectivity index (χ3n) is 4.59. The topological polar surface area (TPSA) is 77.8 Å². The number of aliphatic hydroxyl groups excluding tert-OH is 1. The molecule has 0 aliphatic heterocycles. The van der Waals surface area contributed by atoms with Gasteiger partial charge in [0.15, 0.2) is 6.10 Å². The first kappa shape index (κ1) is 19.6. The van der Waals surface area contributed by atoms with Gasteiger partial charge in [-0.2, -0.15) is 0 Å². The molecule has 28 heavy (non-hydrogen) atoms. The summed E-state index contributed by atoms with van der Waals surface area (Å²) in [5.74, 6) is -0.632. The van der Waals surface area contributed by atoms with Crippen LogP contribution in [0.5, 0.6) is 0 Å². The Kier molecular flexibility index (Phi) is 6.45. The molecule has 146 valence electrons. The van der Waals surface area contributed by atoms with E-state index in [9.17, 15) is 14.7 Å². The van der Waals surface area contributed by atoms with Crippen molar-refractivity contribution in [3.05, 3.63) is 71.9 Å². The van der Waals surface area contributed by atoms with Gasteiger partial charge in [0.05, 0.1) is 12.6 Å². The van der Waals surface area contributed by atoms with Gasteiger partial charge in [-0.15, -0.1) is 0 Å². The molecule has 3 rings (SSSR count). The van der Waals surface area contributed by atoms with Crippen LogP contribution in [-0.2, 0) is 27.3 Å². The molecule has 1 atom stereocenters. The molecule has 1 aromatic heterocycles. The molecule has 0 bridgehead atoms. The van der Waals surface area contributed by atoms with Crippen LogP contribution in [0.4, 0.5) is 4.79 Å². The molecule has 3 aromatic rings. The fourth-order valence-corrected chi connectivity index (χ4v) is 3.13. The number of aliphatic hydroxyl groups is 1. The SMILES string of the molecule is COC(=O)C(O)CCCc1cn(C(=O)OCc2ccccc2)c2ccccc12. The molecule has 0 radical (unpaired) electrons. The van der Waals surface area contributed by atoms with Crippen molar-refractivity contribution in [3.8, 4) is 0 Å². The quantitative estimate of drug-likeness (QED) is 0.632. The number of benzene rings is 2. The van der Waals surface area contributed by atoms with E-state index < -0.39 is 18.2 Å². The van der Waals surface area contributed by atoms with Crippen LogP contribution in [0.25, 0.3) is 10.9 Å². The summed E-state index contributed by atoms with van der Waals surface area (Å²) in [6, 6.07) is 17.1. The van der Waals surface area contributed by atoms with Crippen LogP contribution in [-0.4, -0.2) is 34.9 Å². The fraction of sp³-hybridized carbons (Fsp3) is 0.273. The highest BCUT2D eigenvalue weighted by Crippen LogP contribution is 2.23. The van der Waals surface area contributed by atoms with Crippen molar-refractivity contribution in [2.75, 3.05) is 7.11 Å². The zero-order valence-electron chi connectivity index (χ0n) is 15.7. The summed E-state index contributed by atoms with van der Waals surface area (Å²) in [5.41, 5.74) is 2.65. The number of rotatable bonds is 7. The van der Waals surface area contributed by atoms with Crippen molar-refractivity contribution in [1.82, 2.24) is 4.57 Å². The van der Waals surface area contributed by atoms with Gasteiger partial charge in [-0.05, 0) is 36.5 Å². The minimum absolute atomic E-state index is 0.201. The van der Waals surface area contributed by atoms with Gasteiger partial charge < -0.3 is 14.6 Å². The second-order valence-corrected chi connectivity index (χ2v) is 6.51. The maximum absolute atomic E-state index is 12.6. The molecule has 6 heteroatoms. The molecule has 0 fully saturated rings. The molecule has 2 aromatic carbocycles. The van der Waals surface area contributed by atoms with E-state index in [0.29, 0.717) is 19.3 Å². The summed E-state index contributed by atoms with van der Waals surface area (Å²) in [4.78, 5) is 23.9. The lowest BCUT2D eigenvalue weighted by atomic mass is 10.1. The van der Waals surface area contributed by atoms with Crippen molar-refractivity contribution in [3.63, 3.8) is 0 Å². The van der Waals surface area contributed by atoms with E-state index in [1.807, 2.05) is 54.6 Å². The highest BCUT2D eigenvalue weighted by Gasteiger charge is 2.17. The minimum atomic E-state index is -1.13. The molecule has 0 saturated heterocycles. The Bertz CT molecular complexity index is 948. The number of carbonyl (C=O) groups is 2. The van der Waals surface area contributed by atoms with Crippen LogP contribution in [0.1, 0.15) is 24.0 Å². The number of methoxy groups -OCH3 is 1. The molecule has 6 nitrogen and oxygen atoms in total. The maximum atomic E-state index is 12.6. The summed E-state index contributed by atoms with van der Waals surface area (Å²) >= 11 is 0. The molecule has 0 amide bonds. The van der Waals surface area contributed by atoms with E-state index in [1.54, 1.807) is 6.20 Å². The van der Waals surface area contributed by atoms with E-state index in [1.165, 1.54) is 11.7 Å². The number of aryl methyl sites for hydroxylation is 1. The van der Waals surface area contributed by atoms with Crippen LogP contribution < -0.4 is 0 Å². The number of fused-ring (bicyclic) bond motifs is 1. The maximum Gasteiger partial charge on any atom is 0.418 e. The summed E-state index contributed by atoms with van der Waals surface area (Å²) in [6.45, 7) is 0.201. The Morgan fingerprint density at radius 3 is 2.54 bits per heavy atom. The number of para-hydroxylation sites is 1. The van der Waals surface area contributed by atoms with E-state index >= 15 is 0 Å². The van der Waals surface area contributed by atoms with E-state index in [2.05, 4.69) is 4.74 Å². The Balaban J connectivity index is 1.71. The molecule has 0 aliphatic carbocycles. The van der Waals surface area contributed by atoms with E-state index in [0.717, 1.165) is 22.0 Å². The van der Waals surface area contributed by atoms with Crippen LogP contribution in [0, 0.1) is 0 Å². The number of ether oxygens (including phenoxy) is 2. The van der Waals surface area contributed by atoms with Gasteiger partial charge in [-0.1, -0.05) is 48.5 Å². The smallest absolute Gasteiger partial charge is 0.418 e. The highest BCUT2D eigenvalue weighted by molar-refractivity contribution is 5.92. The Labute approximate surface area is 163 Å². The standard InChI is InChI=1S/C22H23NO5/c1-27-21(25)20(24)13-7-10-17-14-23(19-12-6-5-11-18(17)19)22(26)28-15-16-8-3-2-4-9-16/h2-6,8-9,11-12,14,20,24H,7,10,13,15H2,1H3. The third kappa shape index (κ3) is 4.58. The van der Waals surface area contributed by atoms with Gasteiger partial charge >= 0.3 is 12.1 Å². The van der Waals surface area contributed by atoms with Crippen LogP contribution >= 0.6 is 0 Å². The number of hydrogen-bond acceptors (Lipinski definition) is 5. The predicted molar refractivity (Wildman–Crippen MR) is 105 cm³/mol. The summed E-state index contributed by atoms with van der Waals surface area (Å²) < 4.78 is 11.5. The van der Waals surface area contributed by atoms with Gasteiger partial charge in [0.25, 0.3) is 0 Å². The van der Waals surface area contributed by atoms with E-state index in [-0.39, 0.29) is 6.61 Å². The molecular formula is C22H23NO5. The lowest BCUT2D eigenvalue weighted by Gasteiger charge is -2.07. The third-order valence-corrected chi connectivity index (χ3v) is 4.59. The lowest BCUT2D eigenvalue weighted by Crippen LogP contribution is -2.21. The molecule has 1 unspecified atom stereocenters. The first-order valence-electron chi connectivity index (χ1n) is 9.16. The van der Waals surface area contributed by atoms with Crippen molar-refractivity contribution in [2.45, 2.75) is 32.0 Å². The fourth-order valence-electron chi connectivity index (χ4n) is 3.13. The second-order valence-electron chi connectivity index (χ2n) is 6.51. The normalized spacial score (nSPS) is 11.9. The Hall–Kier alpha value is -3.12. The zero-order chi connectivity index (χ0) is 19.9. The van der Waals surface area contributed by atoms with E-state index in [4.69, 9.17) is 4.74 Å². The van der Waals surface area contributed by atoms with Crippen LogP contribution in [0.3, 0.4) is 0 Å². The average molecular weight is 381 g/mol. The van der Waals surface area contributed by atoms with Gasteiger partial charge in [-0.3, -0.25) is 4.57 Å². The largest absolute Gasteiger partial charge is 0.467 e. The summed E-state index contributed by atoms with van der Waals surface area (Å²) in [7, 11) is 1.25.